The number of pyridine rings is 2. The molecule has 0 aromatic carbocycles. The van der Waals surface area contributed by atoms with E-state index in [1.54, 1.807) is 22.9 Å². The molecule has 4 heterocycles. The van der Waals surface area contributed by atoms with Gasteiger partial charge in [-0.15, -0.1) is 0 Å². The fraction of sp³-hybridized carbons (Fsp3) is 0.389. The summed E-state index contributed by atoms with van der Waals surface area (Å²) < 4.78 is 1.79. The predicted molar refractivity (Wildman–Crippen MR) is 101 cm³/mol. The van der Waals surface area contributed by atoms with Crippen LogP contribution in [0.25, 0.3) is 11.0 Å². The molecule has 2 aliphatic rings. The van der Waals surface area contributed by atoms with Gasteiger partial charge in [-0.2, -0.15) is 0 Å². The van der Waals surface area contributed by atoms with Crippen LogP contribution in [0, 0.1) is 6.92 Å². The average Bonchev–Trinajstić information content (AvgIpc) is 2.93. The Balaban J connectivity index is 1.62. The SMILES string of the molecule is CCn1cc(C(=O)N2CC(N3C(=O)CSC3=O)C2)c(=O)c2ccc(C)nc21. The minimum atomic E-state index is -0.382. The molecule has 0 radical (unpaired) electrons. The number of carbonyl (C=O) groups is 3. The van der Waals surface area contributed by atoms with Crippen LogP contribution in [-0.4, -0.2) is 61.3 Å². The number of likely N-dealkylation sites (tertiary alicyclic amines) is 1. The zero-order chi connectivity index (χ0) is 19.3. The third-order valence-corrected chi connectivity index (χ3v) is 5.77. The van der Waals surface area contributed by atoms with E-state index in [0.717, 1.165) is 17.5 Å². The number of aromatic nitrogens is 2. The molecule has 9 heteroatoms. The molecule has 3 amide bonds. The Morgan fingerprint density at radius 2 is 2.00 bits per heavy atom. The van der Waals surface area contributed by atoms with Gasteiger partial charge in [-0.3, -0.25) is 24.1 Å². The Kier molecular flexibility index (Phi) is 4.26. The quantitative estimate of drug-likeness (QED) is 0.788. The van der Waals surface area contributed by atoms with Crippen LogP contribution in [-0.2, 0) is 11.3 Å². The molecular weight excluding hydrogens is 368 g/mol. The number of carbonyl (C=O) groups excluding carboxylic acids is 3. The van der Waals surface area contributed by atoms with Gasteiger partial charge >= 0.3 is 0 Å². The Morgan fingerprint density at radius 3 is 2.63 bits per heavy atom. The van der Waals surface area contributed by atoms with Crippen LogP contribution < -0.4 is 5.43 Å². The zero-order valence-electron chi connectivity index (χ0n) is 15.0. The van der Waals surface area contributed by atoms with Crippen LogP contribution in [0.4, 0.5) is 4.79 Å². The van der Waals surface area contributed by atoms with Crippen molar-refractivity contribution in [1.29, 1.82) is 0 Å². The number of rotatable bonds is 3. The number of thioether (sulfide) groups is 1. The summed E-state index contributed by atoms with van der Waals surface area (Å²) in [5, 5.41) is 0.143. The fourth-order valence-electron chi connectivity index (χ4n) is 3.43. The largest absolute Gasteiger partial charge is 0.334 e. The summed E-state index contributed by atoms with van der Waals surface area (Å²) in [4.78, 5) is 56.4. The van der Waals surface area contributed by atoms with E-state index in [-0.39, 0.29) is 52.9 Å². The molecule has 0 spiro atoms. The summed E-state index contributed by atoms with van der Waals surface area (Å²) in [5.74, 6) is -0.447. The van der Waals surface area contributed by atoms with Crippen LogP contribution in [0.1, 0.15) is 23.0 Å². The zero-order valence-corrected chi connectivity index (χ0v) is 15.8. The van der Waals surface area contributed by atoms with Gasteiger partial charge in [-0.1, -0.05) is 11.8 Å². The van der Waals surface area contributed by atoms with Gasteiger partial charge in [0, 0.05) is 31.5 Å². The molecular formula is C18H18N4O4S. The smallest absolute Gasteiger partial charge is 0.289 e. The molecule has 2 saturated heterocycles. The molecule has 140 valence electrons. The maximum absolute atomic E-state index is 12.8. The van der Waals surface area contributed by atoms with Crippen molar-refractivity contribution in [2.75, 3.05) is 18.8 Å². The first-order chi connectivity index (χ1) is 12.9. The lowest BCUT2D eigenvalue weighted by molar-refractivity contribution is -0.128. The van der Waals surface area contributed by atoms with Crippen LogP contribution in [0.15, 0.2) is 23.1 Å². The minimum Gasteiger partial charge on any atom is -0.334 e. The minimum absolute atomic E-state index is 0.0851. The van der Waals surface area contributed by atoms with Crippen LogP contribution in [0.3, 0.4) is 0 Å². The summed E-state index contributed by atoms with van der Waals surface area (Å²) >= 11 is 0.981. The number of amides is 3. The molecule has 8 nitrogen and oxygen atoms in total. The molecule has 0 unspecified atom stereocenters. The van der Waals surface area contributed by atoms with Gasteiger partial charge in [0.25, 0.3) is 11.1 Å². The number of hydrogen-bond donors (Lipinski definition) is 0. The van der Waals surface area contributed by atoms with Gasteiger partial charge in [0.1, 0.15) is 11.2 Å². The fourth-order valence-corrected chi connectivity index (χ4v) is 4.20. The number of aryl methyl sites for hydroxylation is 2. The second-order valence-electron chi connectivity index (χ2n) is 6.66. The van der Waals surface area contributed by atoms with E-state index in [1.165, 1.54) is 9.80 Å². The monoisotopic (exact) mass is 386 g/mol. The average molecular weight is 386 g/mol. The number of fused-ring (bicyclic) bond motifs is 1. The van der Waals surface area contributed by atoms with Gasteiger partial charge in [-0.05, 0) is 26.0 Å². The van der Waals surface area contributed by atoms with E-state index in [2.05, 4.69) is 4.98 Å². The van der Waals surface area contributed by atoms with Gasteiger partial charge in [0.05, 0.1) is 17.2 Å². The van der Waals surface area contributed by atoms with Crippen LogP contribution >= 0.6 is 11.8 Å². The maximum Gasteiger partial charge on any atom is 0.289 e. The topological polar surface area (TPSA) is 92.6 Å². The van der Waals surface area contributed by atoms with Crippen LogP contribution in [0.2, 0.25) is 0 Å². The van der Waals surface area contributed by atoms with Crippen molar-refractivity contribution >= 4 is 39.8 Å². The van der Waals surface area contributed by atoms with E-state index in [9.17, 15) is 19.2 Å². The van der Waals surface area contributed by atoms with E-state index < -0.39 is 0 Å². The molecule has 2 aromatic heterocycles. The van der Waals surface area contributed by atoms with Crippen molar-refractivity contribution in [2.45, 2.75) is 26.4 Å². The molecule has 0 aliphatic carbocycles. The summed E-state index contributed by atoms with van der Waals surface area (Å²) in [7, 11) is 0. The lowest BCUT2D eigenvalue weighted by Gasteiger charge is -2.42. The Labute approximate surface area is 159 Å². The first kappa shape index (κ1) is 17.7. The normalized spacial score (nSPS) is 17.7. The summed E-state index contributed by atoms with van der Waals surface area (Å²) in [6.45, 7) is 4.86. The Hall–Kier alpha value is -2.68. The standard InChI is InChI=1S/C18H18N4O4S/c1-3-20-8-13(15(24)12-5-4-10(2)19-16(12)20)17(25)21-6-11(7-21)22-14(23)9-27-18(22)26/h4-5,8,11H,3,6-7,9H2,1-2H3. The van der Waals surface area contributed by atoms with Gasteiger partial charge in [0.2, 0.25) is 11.3 Å². The molecule has 2 aliphatic heterocycles. The van der Waals surface area contributed by atoms with Crippen molar-refractivity contribution in [3.63, 3.8) is 0 Å². The van der Waals surface area contributed by atoms with Gasteiger partial charge < -0.3 is 9.47 Å². The molecule has 0 saturated carbocycles. The van der Waals surface area contributed by atoms with Crippen molar-refractivity contribution in [3.05, 3.63) is 39.8 Å². The predicted octanol–water partition coefficient (Wildman–Crippen LogP) is 1.24. The van der Waals surface area contributed by atoms with Gasteiger partial charge in [-0.25, -0.2) is 4.98 Å². The van der Waals surface area contributed by atoms with Crippen molar-refractivity contribution in [3.8, 4) is 0 Å². The molecule has 0 bridgehead atoms. The highest BCUT2D eigenvalue weighted by molar-refractivity contribution is 8.14. The van der Waals surface area contributed by atoms with Crippen molar-refractivity contribution < 1.29 is 14.4 Å². The molecule has 27 heavy (non-hydrogen) atoms. The van der Waals surface area contributed by atoms with E-state index >= 15 is 0 Å². The van der Waals surface area contributed by atoms with Crippen molar-refractivity contribution in [2.24, 2.45) is 0 Å². The molecule has 0 atom stereocenters. The first-order valence-electron chi connectivity index (χ1n) is 8.69. The second-order valence-corrected chi connectivity index (χ2v) is 7.59. The third kappa shape index (κ3) is 2.82. The molecule has 2 fully saturated rings. The molecule has 4 rings (SSSR count). The van der Waals surface area contributed by atoms with Crippen molar-refractivity contribution in [1.82, 2.24) is 19.4 Å². The van der Waals surface area contributed by atoms with E-state index in [1.807, 2.05) is 13.8 Å². The highest BCUT2D eigenvalue weighted by atomic mass is 32.2. The number of nitrogens with zero attached hydrogens (tertiary/aromatic N) is 4. The first-order valence-corrected chi connectivity index (χ1v) is 9.68. The lowest BCUT2D eigenvalue weighted by Crippen LogP contribution is -2.62. The summed E-state index contributed by atoms with van der Waals surface area (Å²) in [6.07, 6.45) is 1.55. The van der Waals surface area contributed by atoms with Crippen LogP contribution in [0.5, 0.6) is 0 Å². The number of hydrogen-bond acceptors (Lipinski definition) is 6. The Morgan fingerprint density at radius 1 is 1.26 bits per heavy atom. The number of imide groups is 1. The molecule has 2 aromatic rings. The third-order valence-electron chi connectivity index (χ3n) is 4.93. The van der Waals surface area contributed by atoms with E-state index in [4.69, 9.17) is 0 Å². The Bertz CT molecular complexity index is 1030. The highest BCUT2D eigenvalue weighted by Gasteiger charge is 2.43. The van der Waals surface area contributed by atoms with Gasteiger partial charge in [0.15, 0.2) is 0 Å². The maximum atomic E-state index is 12.8. The highest BCUT2D eigenvalue weighted by Crippen LogP contribution is 2.26. The second kappa shape index (κ2) is 6.49. The summed E-state index contributed by atoms with van der Waals surface area (Å²) in [5.41, 5.74) is 1.10. The summed E-state index contributed by atoms with van der Waals surface area (Å²) in [6, 6.07) is 3.14. The van der Waals surface area contributed by atoms with E-state index in [0.29, 0.717) is 17.6 Å². The molecule has 0 N–H and O–H groups in total. The lowest BCUT2D eigenvalue weighted by atomic mass is 10.0.